The SMILES string of the molecule is O=C(NCCc1ccc(Br)cc1)Nc1cccc(F)c1. The third-order valence-corrected chi connectivity index (χ3v) is 3.22. The third kappa shape index (κ3) is 4.66. The van der Waals surface area contributed by atoms with E-state index in [1.54, 1.807) is 12.1 Å². The molecule has 104 valence electrons. The van der Waals surface area contributed by atoms with Gasteiger partial charge >= 0.3 is 6.03 Å². The number of amides is 2. The first-order valence-corrected chi connectivity index (χ1v) is 6.97. The van der Waals surface area contributed by atoms with Crippen LogP contribution in [0.15, 0.2) is 53.0 Å². The molecule has 2 amide bonds. The van der Waals surface area contributed by atoms with Crippen molar-refractivity contribution in [1.82, 2.24) is 5.32 Å². The molecular weight excluding hydrogens is 323 g/mol. The maximum atomic E-state index is 12.9. The topological polar surface area (TPSA) is 41.1 Å². The maximum absolute atomic E-state index is 12.9. The van der Waals surface area contributed by atoms with Gasteiger partial charge in [0.2, 0.25) is 0 Å². The molecule has 0 aliphatic heterocycles. The summed E-state index contributed by atoms with van der Waals surface area (Å²) in [5, 5.41) is 5.31. The smallest absolute Gasteiger partial charge is 0.319 e. The minimum Gasteiger partial charge on any atom is -0.338 e. The number of hydrogen-bond donors (Lipinski definition) is 2. The Morgan fingerprint density at radius 3 is 2.60 bits per heavy atom. The van der Waals surface area contributed by atoms with Crippen molar-refractivity contribution in [3.05, 3.63) is 64.4 Å². The van der Waals surface area contributed by atoms with E-state index in [0.717, 1.165) is 16.5 Å². The second-order valence-electron chi connectivity index (χ2n) is 4.27. The average Bonchev–Trinajstić information content (AvgIpc) is 2.41. The van der Waals surface area contributed by atoms with E-state index in [1.807, 2.05) is 24.3 Å². The van der Waals surface area contributed by atoms with Gasteiger partial charge in [-0.05, 0) is 42.3 Å². The molecule has 2 aromatic carbocycles. The Hall–Kier alpha value is -1.88. The van der Waals surface area contributed by atoms with Crippen molar-refractivity contribution < 1.29 is 9.18 Å². The minimum atomic E-state index is -0.377. The van der Waals surface area contributed by atoms with Crippen LogP contribution in [0, 0.1) is 5.82 Å². The summed E-state index contributed by atoms with van der Waals surface area (Å²) in [6, 6.07) is 13.4. The van der Waals surface area contributed by atoms with E-state index in [9.17, 15) is 9.18 Å². The molecule has 0 atom stereocenters. The van der Waals surface area contributed by atoms with Crippen molar-refractivity contribution in [3.8, 4) is 0 Å². The first-order valence-electron chi connectivity index (χ1n) is 6.18. The van der Waals surface area contributed by atoms with Crippen LogP contribution in [0.25, 0.3) is 0 Å². The van der Waals surface area contributed by atoms with E-state index in [2.05, 4.69) is 26.6 Å². The van der Waals surface area contributed by atoms with E-state index < -0.39 is 0 Å². The van der Waals surface area contributed by atoms with Gasteiger partial charge in [-0.3, -0.25) is 0 Å². The monoisotopic (exact) mass is 336 g/mol. The predicted octanol–water partition coefficient (Wildman–Crippen LogP) is 3.95. The number of rotatable bonds is 4. The summed E-state index contributed by atoms with van der Waals surface area (Å²) in [7, 11) is 0. The number of carbonyl (C=O) groups excluding carboxylic acids is 1. The van der Waals surface area contributed by atoms with Crippen LogP contribution >= 0.6 is 15.9 Å². The summed E-state index contributed by atoms with van der Waals surface area (Å²) in [5.74, 6) is -0.377. The van der Waals surface area contributed by atoms with Gasteiger partial charge in [-0.15, -0.1) is 0 Å². The highest BCUT2D eigenvalue weighted by atomic mass is 79.9. The molecule has 5 heteroatoms. The zero-order chi connectivity index (χ0) is 14.4. The van der Waals surface area contributed by atoms with Crippen molar-refractivity contribution >= 4 is 27.6 Å². The molecule has 0 aliphatic carbocycles. The number of halogens is 2. The molecule has 0 aromatic heterocycles. The van der Waals surface area contributed by atoms with Crippen LogP contribution in [-0.4, -0.2) is 12.6 Å². The normalized spacial score (nSPS) is 10.1. The van der Waals surface area contributed by atoms with Gasteiger partial charge in [-0.2, -0.15) is 0 Å². The van der Waals surface area contributed by atoms with E-state index in [4.69, 9.17) is 0 Å². The first kappa shape index (κ1) is 14.5. The molecule has 0 radical (unpaired) electrons. The van der Waals surface area contributed by atoms with Crippen LogP contribution < -0.4 is 10.6 Å². The summed E-state index contributed by atoms with van der Waals surface area (Å²) in [6.45, 7) is 0.517. The molecule has 3 nitrogen and oxygen atoms in total. The van der Waals surface area contributed by atoms with Gasteiger partial charge in [0.1, 0.15) is 5.82 Å². The van der Waals surface area contributed by atoms with Gasteiger partial charge in [0.05, 0.1) is 0 Å². The molecule has 0 heterocycles. The van der Waals surface area contributed by atoms with E-state index in [1.165, 1.54) is 12.1 Å². The van der Waals surface area contributed by atoms with Crippen LogP contribution in [-0.2, 0) is 6.42 Å². The Balaban J connectivity index is 1.76. The predicted molar refractivity (Wildman–Crippen MR) is 81.3 cm³/mol. The highest BCUT2D eigenvalue weighted by molar-refractivity contribution is 9.10. The average molecular weight is 337 g/mol. The van der Waals surface area contributed by atoms with Crippen LogP contribution in [0.3, 0.4) is 0 Å². The number of anilines is 1. The third-order valence-electron chi connectivity index (χ3n) is 2.69. The largest absolute Gasteiger partial charge is 0.338 e. The fourth-order valence-electron chi connectivity index (χ4n) is 1.71. The van der Waals surface area contributed by atoms with Gasteiger partial charge in [-0.25, -0.2) is 9.18 Å². The van der Waals surface area contributed by atoms with Gasteiger partial charge in [0.25, 0.3) is 0 Å². The van der Waals surface area contributed by atoms with Crippen molar-refractivity contribution in [2.45, 2.75) is 6.42 Å². The molecular formula is C15H14BrFN2O. The highest BCUT2D eigenvalue weighted by Gasteiger charge is 2.02. The van der Waals surface area contributed by atoms with Crippen LogP contribution in [0.2, 0.25) is 0 Å². The first-order chi connectivity index (χ1) is 9.63. The van der Waals surface area contributed by atoms with Gasteiger partial charge in [0, 0.05) is 16.7 Å². The zero-order valence-corrected chi connectivity index (χ0v) is 12.3. The standard InChI is InChI=1S/C15H14BrFN2O/c16-12-6-4-11(5-7-12)8-9-18-15(20)19-14-3-1-2-13(17)10-14/h1-7,10H,8-9H2,(H2,18,19,20). The number of nitrogens with one attached hydrogen (secondary N) is 2. The highest BCUT2D eigenvalue weighted by Crippen LogP contribution is 2.11. The lowest BCUT2D eigenvalue weighted by Crippen LogP contribution is -2.30. The lowest BCUT2D eigenvalue weighted by molar-refractivity contribution is 0.252. The molecule has 0 saturated carbocycles. The molecule has 2 N–H and O–H groups in total. The minimum absolute atomic E-state index is 0.340. The van der Waals surface area contributed by atoms with Crippen LogP contribution in [0.5, 0.6) is 0 Å². The molecule has 20 heavy (non-hydrogen) atoms. The van der Waals surface area contributed by atoms with E-state index >= 15 is 0 Å². The second kappa shape index (κ2) is 7.05. The maximum Gasteiger partial charge on any atom is 0.319 e. The van der Waals surface area contributed by atoms with Crippen LogP contribution in [0.1, 0.15) is 5.56 Å². The molecule has 0 bridgehead atoms. The molecule has 2 aromatic rings. The number of carbonyl (C=O) groups is 1. The van der Waals surface area contributed by atoms with Gasteiger partial charge < -0.3 is 10.6 Å². The molecule has 2 rings (SSSR count). The van der Waals surface area contributed by atoms with E-state index in [0.29, 0.717) is 12.2 Å². The summed E-state index contributed by atoms with van der Waals surface area (Å²) < 4.78 is 14.0. The number of benzene rings is 2. The zero-order valence-electron chi connectivity index (χ0n) is 10.7. The summed E-state index contributed by atoms with van der Waals surface area (Å²) in [4.78, 5) is 11.6. The van der Waals surface area contributed by atoms with Gasteiger partial charge in [0.15, 0.2) is 0 Å². The van der Waals surface area contributed by atoms with Gasteiger partial charge in [-0.1, -0.05) is 34.1 Å². The Kier molecular flexibility index (Phi) is 5.12. The van der Waals surface area contributed by atoms with Crippen molar-refractivity contribution in [2.75, 3.05) is 11.9 Å². The van der Waals surface area contributed by atoms with Crippen LogP contribution in [0.4, 0.5) is 14.9 Å². The fourth-order valence-corrected chi connectivity index (χ4v) is 1.98. The Labute approximate surface area is 125 Å². The molecule has 0 aliphatic rings. The van der Waals surface area contributed by atoms with Crippen molar-refractivity contribution in [3.63, 3.8) is 0 Å². The number of urea groups is 1. The molecule has 0 saturated heterocycles. The van der Waals surface area contributed by atoms with Crippen molar-refractivity contribution in [2.24, 2.45) is 0 Å². The second-order valence-corrected chi connectivity index (χ2v) is 5.18. The molecule has 0 unspecified atom stereocenters. The Morgan fingerprint density at radius 1 is 1.15 bits per heavy atom. The molecule has 0 spiro atoms. The Morgan fingerprint density at radius 2 is 1.90 bits per heavy atom. The lowest BCUT2D eigenvalue weighted by Gasteiger charge is -2.07. The van der Waals surface area contributed by atoms with E-state index in [-0.39, 0.29) is 11.8 Å². The quantitative estimate of drug-likeness (QED) is 0.871. The Bertz CT molecular complexity index is 587. The molecule has 0 fully saturated rings. The fraction of sp³-hybridized carbons (Fsp3) is 0.133. The summed E-state index contributed by atoms with van der Waals surface area (Å²) in [5.41, 5.74) is 1.57. The lowest BCUT2D eigenvalue weighted by atomic mass is 10.1. The summed E-state index contributed by atoms with van der Waals surface area (Å²) in [6.07, 6.45) is 0.740. The van der Waals surface area contributed by atoms with Crippen molar-refractivity contribution in [1.29, 1.82) is 0 Å². The number of hydrogen-bond acceptors (Lipinski definition) is 1. The summed E-state index contributed by atoms with van der Waals surface area (Å²) >= 11 is 3.37.